The van der Waals surface area contributed by atoms with Crippen LogP contribution in [-0.4, -0.2) is 15.5 Å². The minimum atomic E-state index is -4.13. The van der Waals surface area contributed by atoms with Crippen molar-refractivity contribution in [3.63, 3.8) is 0 Å². The molecule has 0 spiro atoms. The van der Waals surface area contributed by atoms with E-state index in [1.165, 1.54) is 7.11 Å². The Kier molecular flexibility index (Phi) is 4.08. The molecule has 1 N–H and O–H groups in total. The third-order valence-electron chi connectivity index (χ3n) is 2.61. The number of benzene rings is 2. The molecule has 2 aromatic carbocycles. The highest BCUT2D eigenvalue weighted by Gasteiger charge is 2.17. The maximum atomic E-state index is 13.5. The number of sulfonamides is 1. The Bertz CT molecular complexity index is 778. The van der Waals surface area contributed by atoms with Crippen molar-refractivity contribution in [2.45, 2.75) is 4.90 Å². The van der Waals surface area contributed by atoms with Crippen LogP contribution in [-0.2, 0) is 10.0 Å². The summed E-state index contributed by atoms with van der Waals surface area (Å²) in [6.45, 7) is 0. The van der Waals surface area contributed by atoms with Gasteiger partial charge in [0.25, 0.3) is 10.0 Å². The van der Waals surface area contributed by atoms with Crippen LogP contribution in [0.15, 0.2) is 41.3 Å². The van der Waals surface area contributed by atoms with Gasteiger partial charge < -0.3 is 4.74 Å². The quantitative estimate of drug-likeness (QED) is 0.943. The summed E-state index contributed by atoms with van der Waals surface area (Å²) in [5.74, 6) is -3.27. The first kappa shape index (κ1) is 15.2. The van der Waals surface area contributed by atoms with Crippen molar-refractivity contribution in [1.82, 2.24) is 0 Å². The fourth-order valence-corrected chi connectivity index (χ4v) is 2.65. The molecule has 8 heteroatoms. The zero-order chi connectivity index (χ0) is 15.6. The third kappa shape index (κ3) is 3.27. The fraction of sp³-hybridized carbons (Fsp3) is 0.0769. The van der Waals surface area contributed by atoms with Crippen molar-refractivity contribution >= 4 is 15.7 Å². The molecule has 0 unspecified atom stereocenters. The Morgan fingerprint density at radius 3 is 2.24 bits per heavy atom. The zero-order valence-electron chi connectivity index (χ0n) is 10.7. The van der Waals surface area contributed by atoms with E-state index < -0.39 is 27.5 Å². The smallest absolute Gasteiger partial charge is 0.262 e. The van der Waals surface area contributed by atoms with Crippen molar-refractivity contribution in [3.8, 4) is 5.75 Å². The Hall–Kier alpha value is -2.22. The van der Waals surface area contributed by atoms with Crippen molar-refractivity contribution in [3.05, 3.63) is 53.8 Å². The first-order valence-electron chi connectivity index (χ1n) is 5.65. The van der Waals surface area contributed by atoms with Crippen molar-refractivity contribution in [2.75, 3.05) is 11.8 Å². The predicted octanol–water partition coefficient (Wildman–Crippen LogP) is 2.91. The number of hydrogen-bond acceptors (Lipinski definition) is 3. The van der Waals surface area contributed by atoms with E-state index in [9.17, 15) is 21.6 Å². The zero-order valence-corrected chi connectivity index (χ0v) is 11.5. The number of halogens is 3. The second kappa shape index (κ2) is 5.65. The van der Waals surface area contributed by atoms with Crippen molar-refractivity contribution in [1.29, 1.82) is 0 Å². The molecule has 2 aromatic rings. The summed E-state index contributed by atoms with van der Waals surface area (Å²) < 4.78 is 70.1. The van der Waals surface area contributed by atoms with Crippen LogP contribution in [0.25, 0.3) is 0 Å². The lowest BCUT2D eigenvalue weighted by atomic mass is 10.3. The SMILES string of the molecule is COc1ccc(S(=O)(=O)Nc2ccc(F)c(F)c2)cc1F. The Morgan fingerprint density at radius 1 is 0.952 bits per heavy atom. The summed E-state index contributed by atoms with van der Waals surface area (Å²) in [5, 5.41) is 0. The normalized spacial score (nSPS) is 11.2. The lowest BCUT2D eigenvalue weighted by Gasteiger charge is -2.09. The fourth-order valence-electron chi connectivity index (χ4n) is 1.59. The maximum Gasteiger partial charge on any atom is 0.262 e. The summed E-state index contributed by atoms with van der Waals surface area (Å²) in [5.41, 5.74) is -0.176. The van der Waals surface area contributed by atoms with Gasteiger partial charge in [-0.1, -0.05) is 0 Å². The Balaban J connectivity index is 2.33. The van der Waals surface area contributed by atoms with Crippen LogP contribution in [0, 0.1) is 17.5 Å². The van der Waals surface area contributed by atoms with Crippen LogP contribution < -0.4 is 9.46 Å². The van der Waals surface area contributed by atoms with Gasteiger partial charge in [-0.15, -0.1) is 0 Å². The van der Waals surface area contributed by atoms with Crippen molar-refractivity contribution < 1.29 is 26.3 Å². The van der Waals surface area contributed by atoms with E-state index in [2.05, 4.69) is 4.74 Å². The lowest BCUT2D eigenvalue weighted by Crippen LogP contribution is -2.13. The highest BCUT2D eigenvalue weighted by Crippen LogP contribution is 2.23. The number of methoxy groups -OCH3 is 1. The second-order valence-electron chi connectivity index (χ2n) is 4.03. The van der Waals surface area contributed by atoms with E-state index in [1.54, 1.807) is 0 Å². The molecule has 0 amide bonds. The maximum absolute atomic E-state index is 13.5. The number of anilines is 1. The molecule has 112 valence electrons. The molecule has 0 aliphatic carbocycles. The number of rotatable bonds is 4. The van der Waals surface area contributed by atoms with Crippen LogP contribution in [0.2, 0.25) is 0 Å². The number of hydrogen-bond donors (Lipinski definition) is 1. The summed E-state index contributed by atoms with van der Waals surface area (Å²) in [6, 6.07) is 5.56. The average Bonchev–Trinajstić information content (AvgIpc) is 2.42. The van der Waals surface area contributed by atoms with Gasteiger partial charge in [-0.25, -0.2) is 21.6 Å². The first-order valence-corrected chi connectivity index (χ1v) is 7.13. The van der Waals surface area contributed by atoms with E-state index in [1.807, 2.05) is 4.72 Å². The molecule has 21 heavy (non-hydrogen) atoms. The number of ether oxygens (including phenoxy) is 1. The van der Waals surface area contributed by atoms with Gasteiger partial charge in [-0.2, -0.15) is 0 Å². The van der Waals surface area contributed by atoms with Gasteiger partial charge in [0.2, 0.25) is 0 Å². The summed E-state index contributed by atoms with van der Waals surface area (Å²) >= 11 is 0. The molecule has 0 fully saturated rings. The topological polar surface area (TPSA) is 55.4 Å². The van der Waals surface area contributed by atoms with Crippen LogP contribution in [0.1, 0.15) is 0 Å². The average molecular weight is 317 g/mol. The molecule has 0 radical (unpaired) electrons. The molecule has 0 aliphatic heterocycles. The third-order valence-corrected chi connectivity index (χ3v) is 3.98. The van der Waals surface area contributed by atoms with Crippen molar-refractivity contribution in [2.24, 2.45) is 0 Å². The molecule has 2 rings (SSSR count). The Labute approximate surface area is 119 Å². The van der Waals surface area contributed by atoms with Gasteiger partial charge in [0.15, 0.2) is 23.2 Å². The van der Waals surface area contributed by atoms with Crippen LogP contribution in [0.3, 0.4) is 0 Å². The molecule has 4 nitrogen and oxygen atoms in total. The number of nitrogens with one attached hydrogen (secondary N) is 1. The summed E-state index contributed by atoms with van der Waals surface area (Å²) in [7, 11) is -2.88. The molecular weight excluding hydrogens is 307 g/mol. The van der Waals surface area contributed by atoms with Gasteiger partial charge >= 0.3 is 0 Å². The second-order valence-corrected chi connectivity index (χ2v) is 5.71. The minimum Gasteiger partial charge on any atom is -0.494 e. The van der Waals surface area contributed by atoms with E-state index in [0.717, 1.165) is 30.3 Å². The lowest BCUT2D eigenvalue weighted by molar-refractivity contribution is 0.385. The van der Waals surface area contributed by atoms with E-state index in [0.29, 0.717) is 6.07 Å². The van der Waals surface area contributed by atoms with Gasteiger partial charge in [0.1, 0.15) is 0 Å². The molecule has 0 aliphatic rings. The van der Waals surface area contributed by atoms with Crippen LogP contribution in [0.4, 0.5) is 18.9 Å². The molecule has 0 heterocycles. The molecule has 0 atom stereocenters. The van der Waals surface area contributed by atoms with Crippen LogP contribution in [0.5, 0.6) is 5.75 Å². The highest BCUT2D eigenvalue weighted by molar-refractivity contribution is 7.92. The van der Waals surface area contributed by atoms with Gasteiger partial charge in [0.05, 0.1) is 17.7 Å². The first-order chi connectivity index (χ1) is 9.83. The van der Waals surface area contributed by atoms with E-state index in [-0.39, 0.29) is 16.3 Å². The molecule has 0 saturated heterocycles. The molecule has 0 bridgehead atoms. The van der Waals surface area contributed by atoms with Gasteiger partial charge in [-0.05, 0) is 30.3 Å². The largest absolute Gasteiger partial charge is 0.494 e. The summed E-state index contributed by atoms with van der Waals surface area (Å²) in [4.78, 5) is -0.370. The van der Waals surface area contributed by atoms with E-state index >= 15 is 0 Å². The van der Waals surface area contributed by atoms with Gasteiger partial charge in [0, 0.05) is 6.07 Å². The minimum absolute atomic E-state index is 0.109. The standard InChI is InChI=1S/C13H10F3NO3S/c1-20-13-5-3-9(7-12(13)16)21(18,19)17-8-2-4-10(14)11(15)6-8/h2-7,17H,1H3. The molecule has 0 aromatic heterocycles. The van der Waals surface area contributed by atoms with Crippen LogP contribution >= 0.6 is 0 Å². The molecule has 0 saturated carbocycles. The molecular formula is C13H10F3NO3S. The summed E-state index contributed by atoms with van der Waals surface area (Å²) in [6.07, 6.45) is 0. The van der Waals surface area contributed by atoms with E-state index in [4.69, 9.17) is 0 Å². The highest BCUT2D eigenvalue weighted by atomic mass is 32.2. The Morgan fingerprint density at radius 2 is 1.67 bits per heavy atom. The van der Waals surface area contributed by atoms with Gasteiger partial charge in [-0.3, -0.25) is 4.72 Å². The predicted molar refractivity (Wildman–Crippen MR) is 70.1 cm³/mol. The monoisotopic (exact) mass is 317 g/mol.